The number of benzene rings is 2. The molecule has 2 nitrogen and oxygen atoms in total. The maximum absolute atomic E-state index is 9.44. The second kappa shape index (κ2) is 5.59. The van der Waals surface area contributed by atoms with Crippen molar-refractivity contribution in [1.82, 2.24) is 5.32 Å². The quantitative estimate of drug-likeness (QED) is 0.821. The van der Waals surface area contributed by atoms with E-state index in [0.29, 0.717) is 11.8 Å². The Balaban J connectivity index is 0.00000120. The van der Waals surface area contributed by atoms with Crippen LogP contribution in [0.2, 0.25) is 0 Å². The summed E-state index contributed by atoms with van der Waals surface area (Å²) in [5, 5.41) is 15.3. The van der Waals surface area contributed by atoms with E-state index in [1.165, 1.54) is 30.2 Å². The van der Waals surface area contributed by atoms with Gasteiger partial charge in [0, 0.05) is 6.04 Å². The third kappa shape index (κ3) is 2.60. The van der Waals surface area contributed by atoms with Crippen LogP contribution in [0.25, 0.3) is 10.8 Å². The summed E-state index contributed by atoms with van der Waals surface area (Å²) in [4.78, 5) is 0. The number of nitrogens with one attached hydrogen (secondary N) is 1. The topological polar surface area (TPSA) is 32.3 Å². The molecule has 1 aliphatic heterocycles. The van der Waals surface area contributed by atoms with Gasteiger partial charge in [-0.3, -0.25) is 0 Å². The lowest BCUT2D eigenvalue weighted by Crippen LogP contribution is -2.26. The normalized spacial score (nSPS) is 19.4. The van der Waals surface area contributed by atoms with Crippen LogP contribution < -0.4 is 5.32 Å². The second-order valence-corrected chi connectivity index (χ2v) is 4.79. The lowest BCUT2D eigenvalue weighted by Gasteiger charge is -2.24. The van der Waals surface area contributed by atoms with E-state index < -0.39 is 0 Å². The molecule has 0 radical (unpaired) electrons. The summed E-state index contributed by atoms with van der Waals surface area (Å²) in [5.41, 5.74) is 1.36. The van der Waals surface area contributed by atoms with Crippen LogP contribution in [-0.4, -0.2) is 11.7 Å². The maximum atomic E-state index is 9.44. The molecule has 2 aromatic carbocycles. The highest BCUT2D eigenvalue weighted by atomic mass is 35.5. The van der Waals surface area contributed by atoms with Crippen molar-refractivity contribution >= 4 is 23.2 Å². The monoisotopic (exact) mass is 263 g/mol. The number of phenols is 1. The van der Waals surface area contributed by atoms with E-state index in [0.717, 1.165) is 11.9 Å². The van der Waals surface area contributed by atoms with Gasteiger partial charge in [-0.15, -0.1) is 12.4 Å². The SMILES string of the molecule is Cl.Oc1ccc2cc([C@H]3CCCCN3)ccc2c1. The Hall–Kier alpha value is -1.25. The third-order valence-corrected chi connectivity index (χ3v) is 3.56. The highest BCUT2D eigenvalue weighted by Gasteiger charge is 2.14. The molecular weight excluding hydrogens is 246 g/mol. The Morgan fingerprint density at radius 3 is 2.56 bits per heavy atom. The van der Waals surface area contributed by atoms with Gasteiger partial charge in [-0.25, -0.2) is 0 Å². The van der Waals surface area contributed by atoms with Crippen molar-refractivity contribution in [3.8, 4) is 5.75 Å². The molecule has 18 heavy (non-hydrogen) atoms. The summed E-state index contributed by atoms with van der Waals surface area (Å²) in [6.45, 7) is 1.12. The van der Waals surface area contributed by atoms with Gasteiger partial charge in [-0.1, -0.05) is 24.6 Å². The largest absolute Gasteiger partial charge is 0.508 e. The zero-order valence-corrected chi connectivity index (χ0v) is 11.0. The molecule has 0 saturated carbocycles. The molecule has 0 spiro atoms. The summed E-state index contributed by atoms with van der Waals surface area (Å²) in [6.07, 6.45) is 3.83. The predicted molar refractivity (Wildman–Crippen MR) is 77.5 cm³/mol. The van der Waals surface area contributed by atoms with Crippen molar-refractivity contribution in [2.75, 3.05) is 6.54 Å². The molecule has 1 atom stereocenters. The molecule has 1 fully saturated rings. The fourth-order valence-corrected chi connectivity index (χ4v) is 2.60. The molecule has 0 aromatic heterocycles. The third-order valence-electron chi connectivity index (χ3n) is 3.56. The zero-order chi connectivity index (χ0) is 11.7. The summed E-state index contributed by atoms with van der Waals surface area (Å²) in [5.74, 6) is 0.334. The zero-order valence-electron chi connectivity index (χ0n) is 10.2. The first-order valence-electron chi connectivity index (χ1n) is 6.29. The van der Waals surface area contributed by atoms with E-state index in [1.54, 1.807) is 6.07 Å². The minimum absolute atomic E-state index is 0. The number of hydrogen-bond acceptors (Lipinski definition) is 2. The van der Waals surface area contributed by atoms with Crippen LogP contribution in [0.5, 0.6) is 5.75 Å². The van der Waals surface area contributed by atoms with Gasteiger partial charge in [0.25, 0.3) is 0 Å². The Morgan fingerprint density at radius 2 is 1.78 bits per heavy atom. The van der Waals surface area contributed by atoms with Gasteiger partial charge >= 0.3 is 0 Å². The molecule has 0 unspecified atom stereocenters. The number of phenolic OH excluding ortho intramolecular Hbond substituents is 1. The van der Waals surface area contributed by atoms with Gasteiger partial charge in [0.15, 0.2) is 0 Å². The Morgan fingerprint density at radius 1 is 1.00 bits per heavy atom. The van der Waals surface area contributed by atoms with Gasteiger partial charge in [-0.2, -0.15) is 0 Å². The van der Waals surface area contributed by atoms with E-state index in [1.807, 2.05) is 12.1 Å². The second-order valence-electron chi connectivity index (χ2n) is 4.79. The molecule has 1 saturated heterocycles. The number of rotatable bonds is 1. The maximum Gasteiger partial charge on any atom is 0.116 e. The van der Waals surface area contributed by atoms with Crippen molar-refractivity contribution in [2.45, 2.75) is 25.3 Å². The van der Waals surface area contributed by atoms with Crippen LogP contribution in [0.15, 0.2) is 36.4 Å². The van der Waals surface area contributed by atoms with Gasteiger partial charge in [0.1, 0.15) is 5.75 Å². The fraction of sp³-hybridized carbons (Fsp3) is 0.333. The first-order chi connectivity index (χ1) is 8.33. The summed E-state index contributed by atoms with van der Waals surface area (Å²) in [7, 11) is 0. The van der Waals surface area contributed by atoms with Crippen LogP contribution in [0.1, 0.15) is 30.9 Å². The first kappa shape index (κ1) is 13.2. The van der Waals surface area contributed by atoms with Crippen LogP contribution >= 0.6 is 12.4 Å². The molecule has 0 aliphatic carbocycles. The molecule has 1 aliphatic rings. The first-order valence-corrected chi connectivity index (χ1v) is 6.29. The molecule has 3 heteroatoms. The van der Waals surface area contributed by atoms with E-state index in [9.17, 15) is 5.11 Å². The smallest absolute Gasteiger partial charge is 0.116 e. The van der Waals surface area contributed by atoms with Crippen molar-refractivity contribution in [3.05, 3.63) is 42.0 Å². The van der Waals surface area contributed by atoms with Crippen LogP contribution in [0, 0.1) is 0 Å². The summed E-state index contributed by atoms with van der Waals surface area (Å²) < 4.78 is 0. The minimum Gasteiger partial charge on any atom is -0.508 e. The molecule has 0 amide bonds. The number of fused-ring (bicyclic) bond motifs is 1. The van der Waals surface area contributed by atoms with E-state index in [2.05, 4.69) is 23.5 Å². The average Bonchev–Trinajstić information content (AvgIpc) is 2.39. The Kier molecular flexibility index (Phi) is 4.10. The van der Waals surface area contributed by atoms with Crippen LogP contribution in [0.4, 0.5) is 0 Å². The number of aromatic hydroxyl groups is 1. The van der Waals surface area contributed by atoms with E-state index in [4.69, 9.17) is 0 Å². The van der Waals surface area contributed by atoms with E-state index in [-0.39, 0.29) is 12.4 Å². The van der Waals surface area contributed by atoms with Crippen molar-refractivity contribution < 1.29 is 5.11 Å². The standard InChI is InChI=1S/C15H17NO.ClH/c17-14-7-6-11-9-13(5-4-12(11)10-14)15-3-1-2-8-16-15;/h4-7,9-10,15-17H,1-3,8H2;1H/t15-;/m1./s1. The lowest BCUT2D eigenvalue weighted by molar-refractivity contribution is 0.412. The fourth-order valence-electron chi connectivity index (χ4n) is 2.60. The molecule has 0 bridgehead atoms. The molecule has 96 valence electrons. The van der Waals surface area contributed by atoms with Crippen LogP contribution in [0.3, 0.4) is 0 Å². The van der Waals surface area contributed by atoms with Crippen molar-refractivity contribution in [1.29, 1.82) is 0 Å². The molecule has 2 N–H and O–H groups in total. The predicted octanol–water partition coefficient (Wildman–Crippen LogP) is 3.78. The number of piperidine rings is 1. The molecular formula is C15H18ClNO. The number of hydrogen-bond donors (Lipinski definition) is 2. The van der Waals surface area contributed by atoms with Crippen LogP contribution in [-0.2, 0) is 0 Å². The lowest BCUT2D eigenvalue weighted by atomic mass is 9.95. The molecule has 1 heterocycles. The number of halogens is 1. The van der Waals surface area contributed by atoms with Crippen molar-refractivity contribution in [2.24, 2.45) is 0 Å². The van der Waals surface area contributed by atoms with Gasteiger partial charge in [0.2, 0.25) is 0 Å². The Labute approximate surface area is 113 Å². The highest BCUT2D eigenvalue weighted by molar-refractivity contribution is 5.85. The minimum atomic E-state index is 0. The Bertz CT molecular complexity index is 535. The molecule has 3 rings (SSSR count). The van der Waals surface area contributed by atoms with E-state index >= 15 is 0 Å². The van der Waals surface area contributed by atoms with Gasteiger partial charge in [-0.05, 0) is 53.9 Å². The van der Waals surface area contributed by atoms with Crippen molar-refractivity contribution in [3.63, 3.8) is 0 Å². The molecule has 2 aromatic rings. The summed E-state index contributed by atoms with van der Waals surface area (Å²) >= 11 is 0. The highest BCUT2D eigenvalue weighted by Crippen LogP contribution is 2.27. The van der Waals surface area contributed by atoms with Gasteiger partial charge < -0.3 is 10.4 Å². The van der Waals surface area contributed by atoms with Gasteiger partial charge in [0.05, 0.1) is 0 Å². The average molecular weight is 264 g/mol. The summed E-state index contributed by atoms with van der Waals surface area (Å²) in [6, 6.07) is 12.6.